The van der Waals surface area contributed by atoms with Crippen LogP contribution in [-0.4, -0.2) is 24.0 Å². The molecule has 0 radical (unpaired) electrons. The molecule has 0 heterocycles. The van der Waals surface area contributed by atoms with Crippen LogP contribution in [0, 0.1) is 0 Å². The third-order valence-corrected chi connectivity index (χ3v) is 3.60. The van der Waals surface area contributed by atoms with E-state index < -0.39 is 5.91 Å². The minimum Gasteiger partial charge on any atom is -0.349 e. The average Bonchev–Trinajstić information content (AvgIpc) is 2.57. The number of rotatable bonds is 3. The fourth-order valence-corrected chi connectivity index (χ4v) is 2.59. The molecule has 0 aliphatic heterocycles. The third-order valence-electron chi connectivity index (χ3n) is 3.60. The highest BCUT2D eigenvalue weighted by Gasteiger charge is 2.32. The average molecular weight is 291 g/mol. The van der Waals surface area contributed by atoms with E-state index in [9.17, 15) is 14.4 Å². The summed E-state index contributed by atoms with van der Waals surface area (Å²) in [7, 11) is 0. The monoisotopic (exact) mass is 291 g/mol. The molecule has 0 saturated carbocycles. The van der Waals surface area contributed by atoms with Gasteiger partial charge < -0.3 is 5.32 Å². The minimum absolute atomic E-state index is 0.174. The van der Waals surface area contributed by atoms with Gasteiger partial charge in [-0.25, -0.2) is 0 Å². The normalized spacial score (nSPS) is 12.4. The Labute approximate surface area is 127 Å². The van der Waals surface area contributed by atoms with Crippen LogP contribution >= 0.6 is 0 Å². The zero-order valence-corrected chi connectivity index (χ0v) is 11.8. The third kappa shape index (κ3) is 2.05. The first-order valence-corrected chi connectivity index (χ1v) is 6.85. The molecule has 0 aromatic heterocycles. The lowest BCUT2D eigenvalue weighted by Crippen LogP contribution is -2.29. The Morgan fingerprint density at radius 3 is 2.27 bits per heavy atom. The molecule has 0 saturated heterocycles. The Morgan fingerprint density at radius 2 is 1.59 bits per heavy atom. The van der Waals surface area contributed by atoms with Crippen LogP contribution in [0.4, 0.5) is 0 Å². The van der Waals surface area contributed by atoms with Crippen LogP contribution in [0.25, 0.3) is 0 Å². The zero-order valence-electron chi connectivity index (χ0n) is 11.8. The molecule has 0 bridgehead atoms. The first kappa shape index (κ1) is 13.9. The van der Waals surface area contributed by atoms with E-state index in [-0.39, 0.29) is 28.3 Å². The zero-order chi connectivity index (χ0) is 15.7. The summed E-state index contributed by atoms with van der Waals surface area (Å²) >= 11 is 0. The molecule has 4 nitrogen and oxygen atoms in total. The molecule has 0 fully saturated rings. The van der Waals surface area contributed by atoms with Crippen molar-refractivity contribution in [3.05, 3.63) is 82.9 Å². The Balaban J connectivity index is 2.17. The van der Waals surface area contributed by atoms with Gasteiger partial charge in [-0.15, -0.1) is 6.58 Å². The highest BCUT2D eigenvalue weighted by Crippen LogP contribution is 2.29. The van der Waals surface area contributed by atoms with Crippen molar-refractivity contribution in [1.29, 1.82) is 0 Å². The number of benzene rings is 2. The van der Waals surface area contributed by atoms with Crippen LogP contribution in [0.15, 0.2) is 55.1 Å². The van der Waals surface area contributed by atoms with Gasteiger partial charge in [-0.2, -0.15) is 0 Å². The lowest BCUT2D eigenvalue weighted by Gasteiger charge is -2.19. The maximum atomic E-state index is 12.7. The van der Waals surface area contributed by atoms with Crippen molar-refractivity contribution in [2.75, 3.05) is 6.54 Å². The van der Waals surface area contributed by atoms with Gasteiger partial charge in [-0.1, -0.05) is 42.5 Å². The molecule has 4 heteroatoms. The summed E-state index contributed by atoms with van der Waals surface area (Å²) < 4.78 is 0. The van der Waals surface area contributed by atoms with Gasteiger partial charge in [0, 0.05) is 28.8 Å². The highest BCUT2D eigenvalue weighted by molar-refractivity contribution is 6.30. The maximum Gasteiger partial charge on any atom is 0.252 e. The Morgan fingerprint density at radius 1 is 0.955 bits per heavy atom. The summed E-state index contributed by atoms with van der Waals surface area (Å²) in [5, 5.41) is 2.64. The van der Waals surface area contributed by atoms with E-state index in [1.165, 1.54) is 0 Å². The fourth-order valence-electron chi connectivity index (χ4n) is 2.59. The lowest BCUT2D eigenvalue weighted by molar-refractivity contribution is 0.0940. The molecule has 3 rings (SSSR count). The van der Waals surface area contributed by atoms with Crippen LogP contribution < -0.4 is 5.32 Å². The van der Waals surface area contributed by atoms with Crippen molar-refractivity contribution >= 4 is 17.5 Å². The largest absolute Gasteiger partial charge is 0.349 e. The molecule has 1 N–H and O–H groups in total. The number of carbonyl (C=O) groups excluding carboxylic acids is 3. The van der Waals surface area contributed by atoms with Gasteiger partial charge in [0.1, 0.15) is 0 Å². The molecule has 0 spiro atoms. The summed E-state index contributed by atoms with van der Waals surface area (Å²) in [4.78, 5) is 37.5. The smallest absolute Gasteiger partial charge is 0.252 e. The van der Waals surface area contributed by atoms with E-state index in [0.717, 1.165) is 0 Å². The van der Waals surface area contributed by atoms with Gasteiger partial charge in [0.2, 0.25) is 0 Å². The maximum absolute atomic E-state index is 12.7. The highest BCUT2D eigenvalue weighted by atomic mass is 16.2. The molecule has 2 aromatic carbocycles. The van der Waals surface area contributed by atoms with E-state index in [1.807, 2.05) is 0 Å². The first-order valence-electron chi connectivity index (χ1n) is 6.85. The molecule has 22 heavy (non-hydrogen) atoms. The summed E-state index contributed by atoms with van der Waals surface area (Å²) in [6.45, 7) is 3.83. The van der Waals surface area contributed by atoms with Crippen molar-refractivity contribution in [2.45, 2.75) is 0 Å². The molecule has 1 aliphatic rings. The number of hydrogen-bond acceptors (Lipinski definition) is 3. The topological polar surface area (TPSA) is 63.2 Å². The number of amides is 1. The van der Waals surface area contributed by atoms with Gasteiger partial charge >= 0.3 is 0 Å². The van der Waals surface area contributed by atoms with E-state index in [2.05, 4.69) is 11.9 Å². The molecular weight excluding hydrogens is 278 g/mol. The summed E-state index contributed by atoms with van der Waals surface area (Å²) in [6.07, 6.45) is 1.55. The first-order chi connectivity index (χ1) is 10.6. The molecular formula is C18H13NO3. The SMILES string of the molecule is C=CCNC(=O)c1cccc2c1C(=O)c1ccccc1C2=O. The summed E-state index contributed by atoms with van der Waals surface area (Å²) in [5.41, 5.74) is 1.38. The van der Waals surface area contributed by atoms with Crippen LogP contribution in [0.3, 0.4) is 0 Å². The van der Waals surface area contributed by atoms with E-state index in [4.69, 9.17) is 0 Å². The van der Waals surface area contributed by atoms with Gasteiger partial charge in [0.15, 0.2) is 11.6 Å². The van der Waals surface area contributed by atoms with Crippen LogP contribution in [0.5, 0.6) is 0 Å². The molecule has 0 atom stereocenters. The lowest BCUT2D eigenvalue weighted by atomic mass is 9.81. The Hall–Kier alpha value is -3.01. The van der Waals surface area contributed by atoms with Gasteiger partial charge in [0.05, 0.1) is 5.56 Å². The summed E-state index contributed by atoms with van der Waals surface area (Å²) in [5.74, 6) is -0.921. The molecule has 1 aliphatic carbocycles. The second-order valence-electron chi connectivity index (χ2n) is 4.93. The molecule has 108 valence electrons. The second-order valence-corrected chi connectivity index (χ2v) is 4.93. The van der Waals surface area contributed by atoms with E-state index in [1.54, 1.807) is 48.5 Å². The van der Waals surface area contributed by atoms with Crippen molar-refractivity contribution in [1.82, 2.24) is 5.32 Å². The number of nitrogens with one attached hydrogen (secondary N) is 1. The second kappa shape index (κ2) is 5.41. The Bertz CT molecular complexity index is 821. The quantitative estimate of drug-likeness (QED) is 0.754. The number of fused-ring (bicyclic) bond motifs is 2. The fraction of sp³-hybridized carbons (Fsp3) is 0.0556. The van der Waals surface area contributed by atoms with Crippen molar-refractivity contribution in [2.24, 2.45) is 0 Å². The molecule has 2 aromatic rings. The van der Waals surface area contributed by atoms with Gasteiger partial charge in [-0.3, -0.25) is 14.4 Å². The van der Waals surface area contributed by atoms with Crippen molar-refractivity contribution in [3.63, 3.8) is 0 Å². The van der Waals surface area contributed by atoms with Crippen LogP contribution in [-0.2, 0) is 0 Å². The predicted octanol–water partition coefficient (Wildman–Crippen LogP) is 2.38. The number of hydrogen-bond donors (Lipinski definition) is 1. The number of ketones is 2. The minimum atomic E-state index is -0.391. The molecule has 0 unspecified atom stereocenters. The van der Waals surface area contributed by atoms with Crippen molar-refractivity contribution in [3.8, 4) is 0 Å². The van der Waals surface area contributed by atoms with E-state index in [0.29, 0.717) is 17.7 Å². The van der Waals surface area contributed by atoms with Crippen LogP contribution in [0.1, 0.15) is 42.2 Å². The van der Waals surface area contributed by atoms with Crippen molar-refractivity contribution < 1.29 is 14.4 Å². The molecule has 1 amide bonds. The van der Waals surface area contributed by atoms with Gasteiger partial charge in [0.25, 0.3) is 5.91 Å². The van der Waals surface area contributed by atoms with Crippen LogP contribution in [0.2, 0.25) is 0 Å². The number of carbonyl (C=O) groups is 3. The Kier molecular flexibility index (Phi) is 3.43. The predicted molar refractivity (Wildman–Crippen MR) is 82.3 cm³/mol. The van der Waals surface area contributed by atoms with Gasteiger partial charge in [-0.05, 0) is 6.07 Å². The standard InChI is InChI=1S/C18H13NO3/c1-2-10-19-18(22)14-9-5-8-13-15(14)17(21)12-7-4-3-6-11(12)16(13)20/h2-9H,1,10H2,(H,19,22). The summed E-state index contributed by atoms with van der Waals surface area (Å²) in [6, 6.07) is 11.4. The van der Waals surface area contributed by atoms with E-state index >= 15 is 0 Å².